The molecule has 5 nitrogen and oxygen atoms in total. The third kappa shape index (κ3) is 3.84. The van der Waals surface area contributed by atoms with Gasteiger partial charge in [0, 0.05) is 0 Å². The smallest absolute Gasteiger partial charge is 0.266 e. The van der Waals surface area contributed by atoms with E-state index in [2.05, 4.69) is 0 Å². The first-order chi connectivity index (χ1) is 12.0. The first-order valence-electron chi connectivity index (χ1n) is 7.42. The number of carbonyl (C=O) groups is 1. The van der Waals surface area contributed by atoms with Crippen molar-refractivity contribution < 1.29 is 19.1 Å². The Hall–Kier alpha value is -1.96. The minimum atomic E-state index is -0.200. The van der Waals surface area contributed by atoms with E-state index in [1.165, 1.54) is 16.7 Å². The van der Waals surface area contributed by atoms with Crippen molar-refractivity contribution >= 4 is 51.9 Å². The lowest BCUT2D eigenvalue weighted by molar-refractivity contribution is -0.122. The molecule has 1 N–H and O–H groups in total. The number of hydrogen-bond acceptors (Lipinski definition) is 6. The molecule has 0 saturated carbocycles. The molecule has 1 aromatic heterocycles. The molecule has 0 atom stereocenters. The second kappa shape index (κ2) is 7.51. The molecule has 1 aliphatic rings. The highest BCUT2D eigenvalue weighted by atomic mass is 35.5. The van der Waals surface area contributed by atoms with E-state index in [9.17, 15) is 9.90 Å². The zero-order valence-corrected chi connectivity index (χ0v) is 15.6. The molecule has 3 rings (SSSR count). The largest absolute Gasteiger partial charge is 0.503 e. The van der Waals surface area contributed by atoms with Crippen LogP contribution in [-0.2, 0) is 11.3 Å². The maximum Gasteiger partial charge on any atom is 0.266 e. The van der Waals surface area contributed by atoms with Gasteiger partial charge in [0.1, 0.15) is 10.1 Å². The summed E-state index contributed by atoms with van der Waals surface area (Å²) in [5.74, 6) is 0.607. The number of thiocarbonyl (C=S) groups is 1. The Kier molecular flexibility index (Phi) is 5.36. The summed E-state index contributed by atoms with van der Waals surface area (Å²) in [7, 11) is 0. The van der Waals surface area contributed by atoms with Gasteiger partial charge in [0.2, 0.25) is 0 Å². The second-order valence-electron chi connectivity index (χ2n) is 5.13. The molecular formula is C17H14ClNO4S2. The maximum absolute atomic E-state index is 12.6. The van der Waals surface area contributed by atoms with Gasteiger partial charge >= 0.3 is 0 Å². The first kappa shape index (κ1) is 17.8. The Morgan fingerprint density at radius 3 is 2.96 bits per heavy atom. The van der Waals surface area contributed by atoms with E-state index < -0.39 is 0 Å². The average Bonchev–Trinajstić information content (AvgIpc) is 3.17. The van der Waals surface area contributed by atoms with E-state index in [0.717, 1.165) is 0 Å². The fraction of sp³-hybridized carbons (Fsp3) is 0.176. The maximum atomic E-state index is 12.6. The van der Waals surface area contributed by atoms with Crippen LogP contribution in [0.15, 0.2) is 39.9 Å². The molecule has 0 radical (unpaired) electrons. The number of ether oxygens (including phenoxy) is 1. The molecule has 130 valence electrons. The lowest BCUT2D eigenvalue weighted by Gasteiger charge is -2.12. The number of phenols is 1. The Morgan fingerprint density at radius 1 is 1.48 bits per heavy atom. The van der Waals surface area contributed by atoms with Crippen LogP contribution in [0.2, 0.25) is 5.02 Å². The van der Waals surface area contributed by atoms with Gasteiger partial charge < -0.3 is 14.3 Å². The highest BCUT2D eigenvalue weighted by molar-refractivity contribution is 8.26. The van der Waals surface area contributed by atoms with Crippen LogP contribution >= 0.6 is 35.6 Å². The van der Waals surface area contributed by atoms with Crippen LogP contribution in [0, 0.1) is 0 Å². The second-order valence-corrected chi connectivity index (χ2v) is 7.21. The standard InChI is InChI=1S/C17H14ClNO4S2/c1-2-22-13-7-10(6-12(18)15(13)20)8-14-16(21)19(17(24)25-14)9-11-4-3-5-23-11/h3-8,20H,2,9H2,1H3/b14-8+. The summed E-state index contributed by atoms with van der Waals surface area (Å²) in [6.45, 7) is 2.48. The van der Waals surface area contributed by atoms with E-state index in [0.29, 0.717) is 27.2 Å². The molecular weight excluding hydrogens is 382 g/mol. The Morgan fingerprint density at radius 2 is 2.28 bits per heavy atom. The number of aromatic hydroxyl groups is 1. The number of carbonyl (C=O) groups excluding carboxylic acids is 1. The van der Waals surface area contributed by atoms with Gasteiger partial charge in [-0.3, -0.25) is 9.69 Å². The quantitative estimate of drug-likeness (QED) is 0.596. The van der Waals surface area contributed by atoms with Gasteiger partial charge in [0.25, 0.3) is 5.91 Å². The average molecular weight is 396 g/mol. The summed E-state index contributed by atoms with van der Waals surface area (Å²) in [5, 5.41) is 10.1. The van der Waals surface area contributed by atoms with Crippen molar-refractivity contribution in [1.29, 1.82) is 0 Å². The van der Waals surface area contributed by atoms with Gasteiger partial charge in [-0.05, 0) is 42.8 Å². The molecule has 0 spiro atoms. The number of rotatable bonds is 5. The zero-order valence-electron chi connectivity index (χ0n) is 13.2. The van der Waals surface area contributed by atoms with Crippen LogP contribution in [0.3, 0.4) is 0 Å². The van der Waals surface area contributed by atoms with Crippen molar-refractivity contribution in [3.05, 3.63) is 51.8 Å². The summed E-state index contributed by atoms with van der Waals surface area (Å²) in [6.07, 6.45) is 3.23. The Labute approximate surface area is 159 Å². The molecule has 1 aliphatic heterocycles. The molecule has 1 saturated heterocycles. The van der Waals surface area contributed by atoms with Crippen molar-refractivity contribution in [3.63, 3.8) is 0 Å². The highest BCUT2D eigenvalue weighted by Gasteiger charge is 2.32. The lowest BCUT2D eigenvalue weighted by Crippen LogP contribution is -2.27. The van der Waals surface area contributed by atoms with Gasteiger partial charge in [0.15, 0.2) is 11.5 Å². The summed E-state index contributed by atoms with van der Waals surface area (Å²) in [6, 6.07) is 6.75. The first-order valence-corrected chi connectivity index (χ1v) is 9.03. The normalized spacial score (nSPS) is 16.1. The number of furan rings is 1. The molecule has 25 heavy (non-hydrogen) atoms. The number of benzene rings is 1. The minimum Gasteiger partial charge on any atom is -0.503 e. The van der Waals surface area contributed by atoms with Gasteiger partial charge in [-0.15, -0.1) is 0 Å². The molecule has 2 heterocycles. The van der Waals surface area contributed by atoms with Crippen molar-refractivity contribution in [2.24, 2.45) is 0 Å². The third-order valence-electron chi connectivity index (χ3n) is 3.42. The molecule has 1 amide bonds. The van der Waals surface area contributed by atoms with Crippen LogP contribution in [0.5, 0.6) is 11.5 Å². The number of thioether (sulfide) groups is 1. The van der Waals surface area contributed by atoms with Crippen LogP contribution in [0.4, 0.5) is 0 Å². The predicted molar refractivity (Wildman–Crippen MR) is 102 cm³/mol. The summed E-state index contributed by atoms with van der Waals surface area (Å²) in [5.41, 5.74) is 0.643. The van der Waals surface area contributed by atoms with Crippen LogP contribution in [-0.4, -0.2) is 26.8 Å². The predicted octanol–water partition coefficient (Wildman–Crippen LogP) is 4.44. The fourth-order valence-electron chi connectivity index (χ4n) is 2.29. The number of nitrogens with zero attached hydrogens (tertiary/aromatic N) is 1. The van der Waals surface area contributed by atoms with Crippen LogP contribution in [0.1, 0.15) is 18.2 Å². The van der Waals surface area contributed by atoms with E-state index >= 15 is 0 Å². The Bertz CT molecular complexity index is 849. The summed E-state index contributed by atoms with van der Waals surface area (Å²) < 4.78 is 11.1. The molecule has 2 aromatic rings. The van der Waals surface area contributed by atoms with Gasteiger partial charge in [-0.25, -0.2) is 0 Å². The number of phenolic OH excluding ortho intramolecular Hbond substituents is 1. The minimum absolute atomic E-state index is 0.119. The van der Waals surface area contributed by atoms with Gasteiger partial charge in [0.05, 0.1) is 29.3 Å². The molecule has 1 aromatic carbocycles. The molecule has 8 heteroatoms. The number of halogens is 1. The number of amides is 1. The SMILES string of the molecule is CCOc1cc(/C=C2/SC(=S)N(Cc3ccco3)C2=O)cc(Cl)c1O. The van der Waals surface area contributed by atoms with Crippen molar-refractivity contribution in [3.8, 4) is 11.5 Å². The van der Waals surface area contributed by atoms with Gasteiger partial charge in [-0.2, -0.15) is 0 Å². The topological polar surface area (TPSA) is 62.9 Å². The summed E-state index contributed by atoms with van der Waals surface area (Å²) >= 11 is 12.5. The van der Waals surface area contributed by atoms with Crippen molar-refractivity contribution in [2.75, 3.05) is 6.61 Å². The monoisotopic (exact) mass is 395 g/mol. The van der Waals surface area contributed by atoms with Gasteiger partial charge in [-0.1, -0.05) is 35.6 Å². The van der Waals surface area contributed by atoms with Crippen molar-refractivity contribution in [1.82, 2.24) is 4.90 Å². The van der Waals surface area contributed by atoms with Crippen LogP contribution < -0.4 is 4.74 Å². The summed E-state index contributed by atoms with van der Waals surface area (Å²) in [4.78, 5) is 14.6. The highest BCUT2D eigenvalue weighted by Crippen LogP contribution is 2.38. The van der Waals surface area contributed by atoms with Crippen molar-refractivity contribution in [2.45, 2.75) is 13.5 Å². The van der Waals surface area contributed by atoms with Crippen LogP contribution in [0.25, 0.3) is 6.08 Å². The molecule has 1 fully saturated rings. The lowest BCUT2D eigenvalue weighted by atomic mass is 10.2. The van der Waals surface area contributed by atoms with E-state index in [1.54, 1.807) is 43.5 Å². The van der Waals surface area contributed by atoms with E-state index in [4.69, 9.17) is 33.0 Å². The van der Waals surface area contributed by atoms with E-state index in [-0.39, 0.29) is 29.0 Å². The fourth-order valence-corrected chi connectivity index (χ4v) is 3.76. The van der Waals surface area contributed by atoms with E-state index in [1.807, 2.05) is 0 Å². The number of hydrogen-bond donors (Lipinski definition) is 1. The molecule has 0 bridgehead atoms. The zero-order chi connectivity index (χ0) is 18.0. The third-order valence-corrected chi connectivity index (χ3v) is 5.08. The molecule has 0 aliphatic carbocycles. The molecule has 0 unspecified atom stereocenters. The Balaban J connectivity index is 1.87.